The predicted octanol–water partition coefficient (Wildman–Crippen LogP) is 3.07. The number of hydrogen-bond donors (Lipinski definition) is 0. The summed E-state index contributed by atoms with van der Waals surface area (Å²) in [7, 11) is -0.225. The predicted molar refractivity (Wildman–Crippen MR) is 89.7 cm³/mol. The number of hydrogen-bond acceptors (Lipinski definition) is 0. The fourth-order valence-corrected chi connectivity index (χ4v) is 4.75. The van der Waals surface area contributed by atoms with E-state index in [2.05, 4.69) is 75.1 Å². The summed E-state index contributed by atoms with van der Waals surface area (Å²) in [5, 5.41) is 2.90. The van der Waals surface area contributed by atoms with Gasteiger partial charge in [0.25, 0.3) is 0 Å². The zero-order valence-electron chi connectivity index (χ0n) is 12.3. The van der Waals surface area contributed by atoms with Crippen LogP contribution >= 0.6 is 0 Å². The lowest BCUT2D eigenvalue weighted by molar-refractivity contribution is 1.31. The van der Waals surface area contributed by atoms with Crippen molar-refractivity contribution in [2.75, 3.05) is 0 Å². The average molecular weight is 283 g/mol. The Kier molecular flexibility index (Phi) is 4.43. The lowest BCUT2D eigenvalue weighted by Gasteiger charge is -2.15. The van der Waals surface area contributed by atoms with Crippen molar-refractivity contribution in [3.63, 3.8) is 0 Å². The van der Waals surface area contributed by atoms with Gasteiger partial charge in [-0.05, 0) is 13.0 Å². The normalized spacial score (nSPS) is 11.6. The highest BCUT2D eigenvalue weighted by Gasteiger charge is 2.13. The van der Waals surface area contributed by atoms with Crippen molar-refractivity contribution in [1.82, 2.24) is 0 Å². The van der Waals surface area contributed by atoms with E-state index in [-0.39, 0.29) is 0 Å². The Bertz CT molecular complexity index is 536. The smallest absolute Gasteiger partial charge is 0.0693 e. The van der Waals surface area contributed by atoms with Crippen LogP contribution in [0.2, 0.25) is 19.6 Å². The van der Waals surface area contributed by atoms with Crippen molar-refractivity contribution < 1.29 is 0 Å². The minimum absolute atomic E-state index is 0.771. The third kappa shape index (κ3) is 4.48. The van der Waals surface area contributed by atoms with E-state index in [1.54, 1.807) is 0 Å². The van der Waals surface area contributed by atoms with Crippen LogP contribution < -0.4 is 10.4 Å². The van der Waals surface area contributed by atoms with Gasteiger partial charge < -0.3 is 0 Å². The molecule has 0 saturated heterocycles. The summed E-state index contributed by atoms with van der Waals surface area (Å²) in [6.45, 7) is 9.48. The van der Waals surface area contributed by atoms with E-state index in [0.717, 1.165) is 9.52 Å². The molecule has 0 N–H and O–H groups in total. The zero-order valence-corrected chi connectivity index (χ0v) is 14.3. The summed E-state index contributed by atoms with van der Waals surface area (Å²) < 4.78 is 0. The van der Waals surface area contributed by atoms with E-state index in [0.29, 0.717) is 0 Å². The highest BCUT2D eigenvalue weighted by molar-refractivity contribution is 6.75. The molecule has 0 aliphatic rings. The molecule has 2 aromatic carbocycles. The topological polar surface area (TPSA) is 0 Å². The first-order valence-electron chi connectivity index (χ1n) is 6.86. The van der Waals surface area contributed by atoms with Crippen LogP contribution in [0.5, 0.6) is 0 Å². The Labute approximate surface area is 120 Å². The first-order valence-corrected chi connectivity index (χ1v) is 11.6. The minimum Gasteiger partial charge on any atom is -0.0693 e. The molecule has 0 atom stereocenters. The third-order valence-corrected chi connectivity index (χ3v) is 6.03. The highest BCUT2D eigenvalue weighted by atomic mass is 28.3. The fraction of sp³-hybridized carbons (Fsp3) is 0.294. The Morgan fingerprint density at radius 3 is 2.11 bits per heavy atom. The number of benzene rings is 2. The quantitative estimate of drug-likeness (QED) is 0.756. The Balaban J connectivity index is 2.09. The van der Waals surface area contributed by atoms with Crippen LogP contribution in [0, 0.1) is 6.92 Å². The first-order chi connectivity index (χ1) is 8.94. The number of aryl methyl sites for hydroxylation is 1. The van der Waals surface area contributed by atoms with Gasteiger partial charge in [0.2, 0.25) is 0 Å². The molecule has 2 heteroatoms. The molecule has 0 amide bonds. The molecule has 0 aromatic heterocycles. The van der Waals surface area contributed by atoms with E-state index in [1.165, 1.54) is 27.5 Å². The van der Waals surface area contributed by atoms with Gasteiger partial charge in [0.15, 0.2) is 0 Å². The van der Waals surface area contributed by atoms with Crippen LogP contribution in [-0.4, -0.2) is 17.6 Å². The van der Waals surface area contributed by atoms with Crippen molar-refractivity contribution in [1.29, 1.82) is 0 Å². The van der Waals surface area contributed by atoms with E-state index < -0.39 is 8.07 Å². The molecular formula is C17H22Si2. The van der Waals surface area contributed by atoms with Crippen LogP contribution in [-0.2, 0) is 6.04 Å². The first kappa shape index (κ1) is 14.3. The standard InChI is InChI=1S/C17H22Si2/c1-14-7-5-6-8-17(14)18-16-11-9-15(10-12-16)13-19(2,3)4/h5-12H,13H2,1-4H3. The molecule has 0 aliphatic heterocycles. The van der Waals surface area contributed by atoms with Crippen molar-refractivity contribution in [2.45, 2.75) is 32.6 Å². The molecule has 2 rings (SSSR count). The average Bonchev–Trinajstić information content (AvgIpc) is 2.33. The summed E-state index contributed by atoms with van der Waals surface area (Å²) in [6.07, 6.45) is 0. The molecule has 0 bridgehead atoms. The van der Waals surface area contributed by atoms with E-state index >= 15 is 0 Å². The maximum absolute atomic E-state index is 2.43. The molecule has 0 unspecified atom stereocenters. The maximum Gasteiger partial charge on any atom is 0.121 e. The van der Waals surface area contributed by atoms with Crippen molar-refractivity contribution in [2.24, 2.45) is 0 Å². The van der Waals surface area contributed by atoms with E-state index in [9.17, 15) is 0 Å². The Morgan fingerprint density at radius 2 is 1.53 bits per heavy atom. The second kappa shape index (κ2) is 5.89. The van der Waals surface area contributed by atoms with Gasteiger partial charge in [-0.3, -0.25) is 0 Å². The van der Waals surface area contributed by atoms with Crippen LogP contribution in [0.4, 0.5) is 0 Å². The second-order valence-corrected chi connectivity index (χ2v) is 13.2. The maximum atomic E-state index is 2.43. The Hall–Kier alpha value is -1.13. The minimum atomic E-state index is -0.996. The molecule has 2 radical (unpaired) electrons. The van der Waals surface area contributed by atoms with Crippen molar-refractivity contribution in [3.8, 4) is 0 Å². The van der Waals surface area contributed by atoms with E-state index in [1.807, 2.05) is 0 Å². The second-order valence-electron chi connectivity index (χ2n) is 6.37. The van der Waals surface area contributed by atoms with Gasteiger partial charge >= 0.3 is 0 Å². The molecule has 2 aromatic rings. The van der Waals surface area contributed by atoms with Gasteiger partial charge in [-0.15, -0.1) is 0 Å². The molecule has 0 spiro atoms. The highest BCUT2D eigenvalue weighted by Crippen LogP contribution is 2.10. The fourth-order valence-electron chi connectivity index (χ4n) is 2.19. The van der Waals surface area contributed by atoms with Gasteiger partial charge in [0.05, 0.1) is 0 Å². The zero-order chi connectivity index (χ0) is 13.9. The van der Waals surface area contributed by atoms with Gasteiger partial charge in [0, 0.05) is 8.07 Å². The van der Waals surface area contributed by atoms with Gasteiger partial charge in [-0.2, -0.15) is 0 Å². The molecule has 0 fully saturated rings. The molecule has 0 heterocycles. The SMILES string of the molecule is Cc1ccccc1[Si]c1ccc(C[Si](C)(C)C)cc1. The van der Waals surface area contributed by atoms with Gasteiger partial charge in [0.1, 0.15) is 9.52 Å². The summed E-state index contributed by atoms with van der Waals surface area (Å²) >= 11 is 0. The van der Waals surface area contributed by atoms with Crippen LogP contribution in [0.25, 0.3) is 0 Å². The largest absolute Gasteiger partial charge is 0.121 e. The molecule has 0 saturated carbocycles. The molecule has 98 valence electrons. The van der Waals surface area contributed by atoms with E-state index in [4.69, 9.17) is 0 Å². The molecule has 0 nitrogen and oxygen atoms in total. The molecular weight excluding hydrogens is 260 g/mol. The molecule has 19 heavy (non-hydrogen) atoms. The molecule has 0 aliphatic carbocycles. The lowest BCUT2D eigenvalue weighted by atomic mass is 10.2. The van der Waals surface area contributed by atoms with Gasteiger partial charge in [-0.1, -0.05) is 89.7 Å². The van der Waals surface area contributed by atoms with Gasteiger partial charge in [-0.25, -0.2) is 0 Å². The summed E-state index contributed by atoms with van der Waals surface area (Å²) in [5.41, 5.74) is 2.89. The number of rotatable bonds is 4. The lowest BCUT2D eigenvalue weighted by Crippen LogP contribution is -2.29. The van der Waals surface area contributed by atoms with Crippen molar-refractivity contribution >= 4 is 28.0 Å². The van der Waals surface area contributed by atoms with Crippen LogP contribution in [0.15, 0.2) is 48.5 Å². The summed E-state index contributed by atoms with van der Waals surface area (Å²) in [6, 6.07) is 19.2. The van der Waals surface area contributed by atoms with Crippen LogP contribution in [0.1, 0.15) is 11.1 Å². The van der Waals surface area contributed by atoms with Crippen LogP contribution in [0.3, 0.4) is 0 Å². The third-order valence-electron chi connectivity index (χ3n) is 3.11. The van der Waals surface area contributed by atoms with Crippen molar-refractivity contribution in [3.05, 3.63) is 59.7 Å². The summed E-state index contributed by atoms with van der Waals surface area (Å²) in [4.78, 5) is 0. The monoisotopic (exact) mass is 282 g/mol. The summed E-state index contributed by atoms with van der Waals surface area (Å²) in [5.74, 6) is 0. The Morgan fingerprint density at radius 1 is 0.895 bits per heavy atom.